The fourth-order valence-electron chi connectivity index (χ4n) is 2.69. The zero-order valence-corrected chi connectivity index (χ0v) is 13.6. The Morgan fingerprint density at radius 2 is 2.17 bits per heavy atom. The molecule has 0 radical (unpaired) electrons. The third-order valence-electron chi connectivity index (χ3n) is 4.29. The molecule has 0 amide bonds. The number of hydrogen-bond acceptors (Lipinski definition) is 4. The number of pyridine rings is 1. The van der Waals surface area contributed by atoms with Crippen LogP contribution in [0, 0.1) is 6.92 Å². The molecular formula is C19H24N2O2. The van der Waals surface area contributed by atoms with E-state index in [0.29, 0.717) is 12.6 Å². The minimum absolute atomic E-state index is 0.226. The van der Waals surface area contributed by atoms with Crippen molar-refractivity contribution in [3.63, 3.8) is 0 Å². The summed E-state index contributed by atoms with van der Waals surface area (Å²) in [5, 5.41) is 12.3. The molecule has 3 rings (SSSR count). The number of nitrogens with one attached hydrogen (secondary N) is 1. The third kappa shape index (κ3) is 4.09. The maximum absolute atomic E-state index is 8.98. The van der Waals surface area contributed by atoms with Crippen molar-refractivity contribution >= 4 is 0 Å². The first kappa shape index (κ1) is 16.0. The van der Waals surface area contributed by atoms with Crippen molar-refractivity contribution < 1.29 is 9.84 Å². The van der Waals surface area contributed by atoms with E-state index in [1.807, 2.05) is 13.1 Å². The van der Waals surface area contributed by atoms with Gasteiger partial charge in [0.05, 0.1) is 5.69 Å². The second-order valence-electron chi connectivity index (χ2n) is 6.09. The van der Waals surface area contributed by atoms with Gasteiger partial charge in [-0.1, -0.05) is 24.3 Å². The van der Waals surface area contributed by atoms with Crippen LogP contribution in [0.5, 0.6) is 5.75 Å². The predicted octanol–water partition coefficient (Wildman–Crippen LogP) is 2.72. The number of ether oxygens (including phenoxy) is 1. The van der Waals surface area contributed by atoms with Crippen LogP contribution in [0.25, 0.3) is 11.1 Å². The number of hydrogen-bond donors (Lipinski definition) is 2. The van der Waals surface area contributed by atoms with Gasteiger partial charge in [0.1, 0.15) is 12.4 Å². The molecule has 1 unspecified atom stereocenters. The smallest absolute Gasteiger partial charge is 0.141 e. The second-order valence-corrected chi connectivity index (χ2v) is 6.09. The highest BCUT2D eigenvalue weighted by molar-refractivity contribution is 5.65. The summed E-state index contributed by atoms with van der Waals surface area (Å²) < 4.78 is 5.94. The van der Waals surface area contributed by atoms with Gasteiger partial charge in [0.25, 0.3) is 0 Å². The van der Waals surface area contributed by atoms with Crippen molar-refractivity contribution in [1.29, 1.82) is 0 Å². The summed E-state index contributed by atoms with van der Waals surface area (Å²) in [4.78, 5) is 4.48. The van der Waals surface area contributed by atoms with E-state index in [1.165, 1.54) is 12.0 Å². The molecule has 1 atom stereocenters. The molecule has 2 aromatic rings. The monoisotopic (exact) mass is 312 g/mol. The van der Waals surface area contributed by atoms with Crippen molar-refractivity contribution in [1.82, 2.24) is 10.3 Å². The largest absolute Gasteiger partial charge is 0.490 e. The van der Waals surface area contributed by atoms with Crippen molar-refractivity contribution in [2.75, 3.05) is 19.8 Å². The van der Waals surface area contributed by atoms with E-state index in [0.717, 1.165) is 42.0 Å². The van der Waals surface area contributed by atoms with Gasteiger partial charge in [-0.3, -0.25) is 4.98 Å². The quantitative estimate of drug-likeness (QED) is 0.825. The Morgan fingerprint density at radius 1 is 1.30 bits per heavy atom. The summed E-state index contributed by atoms with van der Waals surface area (Å²) in [5.41, 5.74) is 4.36. The van der Waals surface area contributed by atoms with Crippen molar-refractivity contribution in [3.05, 3.63) is 47.8 Å². The highest BCUT2D eigenvalue weighted by Gasteiger charge is 2.17. The Labute approximate surface area is 137 Å². The molecule has 0 bridgehead atoms. The van der Waals surface area contributed by atoms with Crippen LogP contribution >= 0.6 is 0 Å². The van der Waals surface area contributed by atoms with Crippen molar-refractivity contribution in [2.45, 2.75) is 32.2 Å². The highest BCUT2D eigenvalue weighted by atomic mass is 16.5. The molecule has 4 nitrogen and oxygen atoms in total. The molecular weight excluding hydrogens is 288 g/mol. The zero-order valence-electron chi connectivity index (χ0n) is 13.6. The lowest BCUT2D eigenvalue weighted by atomic mass is 10.0. The SMILES string of the molecule is Cc1ncc(-c2cccc(CCCO)c2)cc1OCC1CCN1. The maximum Gasteiger partial charge on any atom is 0.141 e. The van der Waals surface area contributed by atoms with Crippen LogP contribution in [-0.4, -0.2) is 35.9 Å². The summed E-state index contributed by atoms with van der Waals surface area (Å²) in [5.74, 6) is 0.858. The van der Waals surface area contributed by atoms with Gasteiger partial charge in [-0.05, 0) is 49.9 Å². The Morgan fingerprint density at radius 3 is 2.91 bits per heavy atom. The number of aromatic nitrogens is 1. The molecule has 0 aliphatic carbocycles. The fraction of sp³-hybridized carbons (Fsp3) is 0.421. The molecule has 23 heavy (non-hydrogen) atoms. The summed E-state index contributed by atoms with van der Waals surface area (Å²) >= 11 is 0. The molecule has 1 aliphatic rings. The van der Waals surface area contributed by atoms with Crippen LogP contribution in [0.1, 0.15) is 24.1 Å². The number of benzene rings is 1. The van der Waals surface area contributed by atoms with Gasteiger partial charge in [-0.15, -0.1) is 0 Å². The second kappa shape index (κ2) is 7.57. The zero-order chi connectivity index (χ0) is 16.1. The Hall–Kier alpha value is -1.91. The van der Waals surface area contributed by atoms with E-state index in [-0.39, 0.29) is 6.61 Å². The number of aryl methyl sites for hydroxylation is 2. The normalized spacial score (nSPS) is 16.9. The molecule has 0 spiro atoms. The Kier molecular flexibility index (Phi) is 5.26. The van der Waals surface area contributed by atoms with Crippen LogP contribution in [-0.2, 0) is 6.42 Å². The van der Waals surface area contributed by atoms with Gasteiger partial charge in [0.2, 0.25) is 0 Å². The Balaban J connectivity index is 1.76. The standard InChI is InChI=1S/C19H24N2O2/c1-14-19(23-13-18-7-8-20-18)11-17(12-21-14)16-6-2-4-15(10-16)5-3-9-22/h2,4,6,10-12,18,20,22H,3,5,7-9,13H2,1H3. The topological polar surface area (TPSA) is 54.4 Å². The summed E-state index contributed by atoms with van der Waals surface area (Å²) in [7, 11) is 0. The van der Waals surface area contributed by atoms with Crippen LogP contribution in [0.4, 0.5) is 0 Å². The predicted molar refractivity (Wildman–Crippen MR) is 91.7 cm³/mol. The lowest BCUT2D eigenvalue weighted by Gasteiger charge is -2.27. The van der Waals surface area contributed by atoms with E-state index >= 15 is 0 Å². The number of nitrogens with zero attached hydrogens (tertiary/aromatic N) is 1. The average molecular weight is 312 g/mol. The molecule has 1 aliphatic heterocycles. The molecule has 1 aromatic heterocycles. The van der Waals surface area contributed by atoms with Crippen molar-refractivity contribution in [3.8, 4) is 16.9 Å². The molecule has 4 heteroatoms. The first-order valence-corrected chi connectivity index (χ1v) is 8.29. The number of aliphatic hydroxyl groups is 1. The molecule has 1 aromatic carbocycles. The van der Waals surface area contributed by atoms with Gasteiger partial charge in [-0.25, -0.2) is 0 Å². The average Bonchev–Trinajstić information content (AvgIpc) is 2.53. The van der Waals surface area contributed by atoms with E-state index in [1.54, 1.807) is 0 Å². The number of aliphatic hydroxyl groups excluding tert-OH is 1. The van der Waals surface area contributed by atoms with E-state index in [2.05, 4.69) is 40.6 Å². The molecule has 122 valence electrons. The van der Waals surface area contributed by atoms with E-state index in [9.17, 15) is 0 Å². The van der Waals surface area contributed by atoms with Crippen molar-refractivity contribution in [2.24, 2.45) is 0 Å². The summed E-state index contributed by atoms with van der Waals surface area (Å²) in [6.45, 7) is 3.99. The van der Waals surface area contributed by atoms with Gasteiger partial charge in [0.15, 0.2) is 0 Å². The minimum Gasteiger partial charge on any atom is -0.490 e. The molecule has 1 fully saturated rings. The lowest BCUT2D eigenvalue weighted by molar-refractivity contribution is 0.216. The highest BCUT2D eigenvalue weighted by Crippen LogP contribution is 2.26. The Bertz CT molecular complexity index is 654. The molecule has 2 N–H and O–H groups in total. The summed E-state index contributed by atoms with van der Waals surface area (Å²) in [6, 6.07) is 11.0. The van der Waals surface area contributed by atoms with E-state index < -0.39 is 0 Å². The van der Waals surface area contributed by atoms with Gasteiger partial charge in [0, 0.05) is 24.4 Å². The van der Waals surface area contributed by atoms with Crippen LogP contribution in [0.2, 0.25) is 0 Å². The van der Waals surface area contributed by atoms with E-state index in [4.69, 9.17) is 9.84 Å². The fourth-order valence-corrected chi connectivity index (χ4v) is 2.69. The van der Waals surface area contributed by atoms with Gasteiger partial charge < -0.3 is 15.2 Å². The van der Waals surface area contributed by atoms with Gasteiger partial charge >= 0.3 is 0 Å². The molecule has 2 heterocycles. The minimum atomic E-state index is 0.226. The van der Waals surface area contributed by atoms with Crippen LogP contribution < -0.4 is 10.1 Å². The number of rotatable bonds is 7. The molecule has 0 saturated carbocycles. The maximum atomic E-state index is 8.98. The summed E-state index contributed by atoms with van der Waals surface area (Å²) in [6.07, 6.45) is 4.76. The van der Waals surface area contributed by atoms with Gasteiger partial charge in [-0.2, -0.15) is 0 Å². The molecule has 1 saturated heterocycles. The third-order valence-corrected chi connectivity index (χ3v) is 4.29. The first-order valence-electron chi connectivity index (χ1n) is 8.29. The lowest BCUT2D eigenvalue weighted by Crippen LogP contribution is -2.46. The first-order chi connectivity index (χ1) is 11.3. The van der Waals surface area contributed by atoms with Crippen LogP contribution in [0.15, 0.2) is 36.5 Å². The van der Waals surface area contributed by atoms with Crippen LogP contribution in [0.3, 0.4) is 0 Å².